The monoisotopic (exact) mass is 878 g/mol. The van der Waals surface area contributed by atoms with Crippen LogP contribution in [-0.2, 0) is 52.8 Å². The number of hydrogen-bond acceptors (Lipinski definition) is 14. The molecule has 1 aliphatic rings. The van der Waals surface area contributed by atoms with Crippen LogP contribution < -0.4 is 9.47 Å². The highest BCUT2D eigenvalue weighted by atomic mass is 16.6. The van der Waals surface area contributed by atoms with Crippen molar-refractivity contribution in [2.75, 3.05) is 159 Å². The summed E-state index contributed by atoms with van der Waals surface area (Å²) in [5, 5.41) is 17.4. The van der Waals surface area contributed by atoms with E-state index in [0.717, 1.165) is 22.6 Å². The second-order valence-corrected chi connectivity index (χ2v) is 14.2. The molecule has 0 heterocycles. The Morgan fingerprint density at radius 1 is 0.286 bits per heavy atom. The predicted molar refractivity (Wildman–Crippen MR) is 237 cm³/mol. The van der Waals surface area contributed by atoms with E-state index in [-0.39, 0.29) is 13.2 Å². The van der Waals surface area contributed by atoms with Crippen molar-refractivity contribution in [3.05, 3.63) is 119 Å². The fraction of sp³-hybridized carbons (Fsp3) is 0.510. The Morgan fingerprint density at radius 2 is 0.540 bits per heavy atom. The summed E-state index contributed by atoms with van der Waals surface area (Å²) in [6.45, 7) is 10.0. The van der Waals surface area contributed by atoms with E-state index in [0.29, 0.717) is 145 Å². The van der Waals surface area contributed by atoms with Gasteiger partial charge in [-0.1, -0.05) is 72.8 Å². The van der Waals surface area contributed by atoms with Crippen molar-refractivity contribution in [2.45, 2.75) is 5.41 Å². The van der Waals surface area contributed by atoms with Crippen LogP contribution >= 0.6 is 0 Å². The molecule has 63 heavy (non-hydrogen) atoms. The lowest BCUT2D eigenvalue weighted by Crippen LogP contribution is -2.28. The second kappa shape index (κ2) is 31.0. The standard InChI is InChI=1S/C49H66O14/c50-17-19-52-21-23-54-25-27-56-29-31-58-33-35-60-37-39-62-43-13-9-41(10-14-43)49(47-7-3-1-5-45(47)46-6-2-4-8-48(46)49)42-11-15-44(16-12-42)63-40-38-61-36-34-59-32-30-57-28-26-55-24-22-53-20-18-51/h1-16,50-51H,17-40H2. The van der Waals surface area contributed by atoms with Crippen LogP contribution in [0.1, 0.15) is 22.3 Å². The maximum atomic E-state index is 8.68. The van der Waals surface area contributed by atoms with Crippen LogP contribution in [-0.4, -0.2) is 169 Å². The summed E-state index contributed by atoms with van der Waals surface area (Å²) < 4.78 is 66.9. The Bertz CT molecular complexity index is 1630. The van der Waals surface area contributed by atoms with Gasteiger partial charge in [-0.3, -0.25) is 0 Å². The van der Waals surface area contributed by atoms with E-state index in [2.05, 4.69) is 72.8 Å². The SMILES string of the molecule is OCCOCCOCCOCCOCCOCCOc1ccc(C2(c3ccc(OCCOCCOCCOCCOCCOCCO)cc3)c3ccccc3-c3ccccc32)cc1. The number of ether oxygens (including phenoxy) is 12. The molecular formula is C49H66O14. The first-order valence-corrected chi connectivity index (χ1v) is 21.9. The van der Waals surface area contributed by atoms with E-state index in [1.165, 1.54) is 22.3 Å². The molecule has 0 atom stereocenters. The molecule has 0 saturated heterocycles. The molecule has 0 aromatic heterocycles. The van der Waals surface area contributed by atoms with E-state index in [4.69, 9.17) is 67.1 Å². The van der Waals surface area contributed by atoms with Gasteiger partial charge in [0.1, 0.15) is 24.7 Å². The molecule has 14 nitrogen and oxygen atoms in total. The molecule has 5 rings (SSSR count). The molecule has 0 radical (unpaired) electrons. The molecule has 0 aliphatic heterocycles. The van der Waals surface area contributed by atoms with Crippen molar-refractivity contribution in [1.82, 2.24) is 0 Å². The molecule has 1 aliphatic carbocycles. The quantitative estimate of drug-likeness (QED) is 0.0515. The van der Waals surface area contributed by atoms with Gasteiger partial charge < -0.3 is 67.1 Å². The van der Waals surface area contributed by atoms with E-state index in [1.54, 1.807) is 0 Å². The molecule has 4 aromatic carbocycles. The number of rotatable bonds is 38. The highest BCUT2D eigenvalue weighted by Crippen LogP contribution is 2.56. The van der Waals surface area contributed by atoms with Gasteiger partial charge in [0, 0.05) is 0 Å². The van der Waals surface area contributed by atoms with Crippen LogP contribution in [0.15, 0.2) is 97.1 Å². The van der Waals surface area contributed by atoms with Gasteiger partial charge in [-0.05, 0) is 57.6 Å². The number of aliphatic hydroxyl groups is 2. The van der Waals surface area contributed by atoms with Gasteiger partial charge in [0.2, 0.25) is 0 Å². The third kappa shape index (κ3) is 16.8. The molecule has 0 unspecified atom stereocenters. The average molecular weight is 879 g/mol. The van der Waals surface area contributed by atoms with Crippen molar-refractivity contribution in [2.24, 2.45) is 0 Å². The molecule has 0 saturated carbocycles. The van der Waals surface area contributed by atoms with Crippen molar-refractivity contribution in [1.29, 1.82) is 0 Å². The zero-order chi connectivity index (χ0) is 43.9. The lowest BCUT2D eigenvalue weighted by atomic mass is 9.68. The molecule has 2 N–H and O–H groups in total. The largest absolute Gasteiger partial charge is 0.491 e. The minimum atomic E-state index is -0.541. The van der Waals surface area contributed by atoms with Gasteiger partial charge in [-0.2, -0.15) is 0 Å². The molecule has 4 aromatic rings. The number of fused-ring (bicyclic) bond motifs is 3. The van der Waals surface area contributed by atoms with Gasteiger partial charge >= 0.3 is 0 Å². The molecule has 14 heteroatoms. The molecule has 0 amide bonds. The van der Waals surface area contributed by atoms with Crippen molar-refractivity contribution >= 4 is 0 Å². The topological polar surface area (TPSA) is 151 Å². The minimum Gasteiger partial charge on any atom is -0.491 e. The van der Waals surface area contributed by atoms with Crippen LogP contribution in [0.5, 0.6) is 11.5 Å². The second-order valence-electron chi connectivity index (χ2n) is 14.2. The molecule has 0 spiro atoms. The summed E-state index contributed by atoms with van der Waals surface area (Å²) in [6.07, 6.45) is 0. The average Bonchev–Trinajstić information content (AvgIpc) is 3.62. The van der Waals surface area contributed by atoms with Crippen molar-refractivity contribution in [3.63, 3.8) is 0 Å². The van der Waals surface area contributed by atoms with Gasteiger partial charge in [0.25, 0.3) is 0 Å². The summed E-state index contributed by atoms with van der Waals surface area (Å²) in [7, 11) is 0. The summed E-state index contributed by atoms with van der Waals surface area (Å²) in [5.41, 5.74) is 6.65. The Kier molecular flexibility index (Phi) is 24.6. The number of aliphatic hydroxyl groups excluding tert-OH is 2. The normalized spacial score (nSPS) is 12.7. The molecule has 0 fully saturated rings. The summed E-state index contributed by atoms with van der Waals surface area (Å²) in [4.78, 5) is 0. The molecule has 346 valence electrons. The Balaban J connectivity index is 1.02. The van der Waals surface area contributed by atoms with E-state index in [9.17, 15) is 0 Å². The maximum Gasteiger partial charge on any atom is 0.119 e. The lowest BCUT2D eigenvalue weighted by molar-refractivity contribution is -0.0146. The van der Waals surface area contributed by atoms with E-state index >= 15 is 0 Å². The van der Waals surface area contributed by atoms with Crippen LogP contribution in [0, 0.1) is 0 Å². The third-order valence-corrected chi connectivity index (χ3v) is 9.97. The lowest BCUT2D eigenvalue weighted by Gasteiger charge is -2.34. The fourth-order valence-electron chi connectivity index (χ4n) is 7.16. The van der Waals surface area contributed by atoms with Crippen LogP contribution in [0.3, 0.4) is 0 Å². The maximum absolute atomic E-state index is 8.68. The smallest absolute Gasteiger partial charge is 0.119 e. The summed E-state index contributed by atoms with van der Waals surface area (Å²) in [5.74, 6) is 1.55. The van der Waals surface area contributed by atoms with Gasteiger partial charge in [-0.15, -0.1) is 0 Å². The minimum absolute atomic E-state index is 0.0156. The predicted octanol–water partition coefficient (Wildman–Crippen LogP) is 4.96. The van der Waals surface area contributed by atoms with E-state index < -0.39 is 5.41 Å². The Hall–Kier alpha value is -4.00. The first kappa shape index (κ1) is 50.0. The highest BCUT2D eigenvalue weighted by Gasteiger charge is 2.45. The Labute approximate surface area is 372 Å². The zero-order valence-electron chi connectivity index (χ0n) is 36.5. The van der Waals surface area contributed by atoms with E-state index in [1.807, 2.05) is 24.3 Å². The number of hydrogen-bond donors (Lipinski definition) is 2. The van der Waals surface area contributed by atoms with Crippen LogP contribution in [0.4, 0.5) is 0 Å². The summed E-state index contributed by atoms with van der Waals surface area (Å²) >= 11 is 0. The van der Waals surface area contributed by atoms with Gasteiger partial charge in [0.15, 0.2) is 0 Å². The van der Waals surface area contributed by atoms with Crippen molar-refractivity contribution in [3.8, 4) is 22.6 Å². The number of benzene rings is 4. The molecule has 0 bridgehead atoms. The first-order valence-electron chi connectivity index (χ1n) is 21.9. The van der Waals surface area contributed by atoms with Gasteiger partial charge in [0.05, 0.1) is 151 Å². The zero-order valence-corrected chi connectivity index (χ0v) is 36.5. The van der Waals surface area contributed by atoms with Gasteiger partial charge in [-0.25, -0.2) is 0 Å². The van der Waals surface area contributed by atoms with Crippen LogP contribution in [0.25, 0.3) is 11.1 Å². The fourth-order valence-corrected chi connectivity index (χ4v) is 7.16. The Morgan fingerprint density at radius 3 is 0.825 bits per heavy atom. The van der Waals surface area contributed by atoms with Crippen molar-refractivity contribution < 1.29 is 67.1 Å². The summed E-state index contributed by atoms with van der Waals surface area (Å²) in [6, 6.07) is 34.1. The highest BCUT2D eigenvalue weighted by molar-refractivity contribution is 5.86. The first-order chi connectivity index (χ1) is 31.3. The third-order valence-electron chi connectivity index (χ3n) is 9.97. The molecular weight excluding hydrogens is 813 g/mol. The van der Waals surface area contributed by atoms with Crippen LogP contribution in [0.2, 0.25) is 0 Å².